The Balaban J connectivity index is 1.62. The molecule has 0 radical (unpaired) electrons. The second-order valence-electron chi connectivity index (χ2n) is 7.08. The summed E-state index contributed by atoms with van der Waals surface area (Å²) in [4.78, 5) is 22.6. The quantitative estimate of drug-likeness (QED) is 0.784. The Hall–Kier alpha value is -2.63. The van der Waals surface area contributed by atoms with E-state index in [0.29, 0.717) is 24.0 Å². The van der Waals surface area contributed by atoms with Crippen LogP contribution in [0.2, 0.25) is 0 Å². The molecule has 2 aromatic heterocycles. The molecule has 3 aromatic rings. The van der Waals surface area contributed by atoms with Gasteiger partial charge in [0.15, 0.2) is 5.82 Å². The number of hydrogen-bond donors (Lipinski definition) is 1. The van der Waals surface area contributed by atoms with E-state index in [-0.39, 0.29) is 17.9 Å². The molecule has 0 saturated carbocycles. The molecule has 0 unspecified atom stereocenters. The van der Waals surface area contributed by atoms with Gasteiger partial charge in [-0.25, -0.2) is 0 Å². The fourth-order valence-corrected chi connectivity index (χ4v) is 3.41. The van der Waals surface area contributed by atoms with Gasteiger partial charge in [-0.2, -0.15) is 4.98 Å². The highest BCUT2D eigenvalue weighted by Gasteiger charge is 2.34. The number of nitrogens with zero attached hydrogens (tertiary/aromatic N) is 3. The van der Waals surface area contributed by atoms with Gasteiger partial charge in [0.2, 0.25) is 5.89 Å². The van der Waals surface area contributed by atoms with Gasteiger partial charge in [0.25, 0.3) is 5.91 Å². The lowest BCUT2D eigenvalue weighted by molar-refractivity contribution is 0.0723. The number of amides is 1. The fraction of sp³-hybridized carbons (Fsp3) is 0.421. The van der Waals surface area contributed by atoms with E-state index >= 15 is 0 Å². The molecule has 1 atom stereocenters. The number of hydrogen-bond acceptors (Lipinski definition) is 4. The van der Waals surface area contributed by atoms with Crippen LogP contribution >= 0.6 is 0 Å². The lowest BCUT2D eigenvalue weighted by atomic mass is 10.2. The molecule has 6 nitrogen and oxygen atoms in total. The minimum atomic E-state index is -0.114. The van der Waals surface area contributed by atoms with Crippen LogP contribution in [0.5, 0.6) is 0 Å². The van der Waals surface area contributed by atoms with E-state index in [2.05, 4.69) is 27.3 Å². The highest BCUT2D eigenvalue weighted by molar-refractivity contribution is 5.98. The Morgan fingerprint density at radius 3 is 2.96 bits per heavy atom. The van der Waals surface area contributed by atoms with Crippen molar-refractivity contribution in [1.29, 1.82) is 0 Å². The molecule has 0 aliphatic carbocycles. The van der Waals surface area contributed by atoms with Gasteiger partial charge in [-0.3, -0.25) is 4.79 Å². The Bertz CT molecular complexity index is 925. The van der Waals surface area contributed by atoms with E-state index in [0.717, 1.165) is 23.7 Å². The first-order valence-corrected chi connectivity index (χ1v) is 8.77. The third-order valence-electron chi connectivity index (χ3n) is 4.77. The number of likely N-dealkylation sites (tertiary alicyclic amines) is 1. The zero-order valence-corrected chi connectivity index (χ0v) is 14.7. The molecule has 130 valence electrons. The monoisotopic (exact) mass is 338 g/mol. The minimum Gasteiger partial charge on any atom is -0.351 e. The summed E-state index contributed by atoms with van der Waals surface area (Å²) in [7, 11) is 0. The zero-order chi connectivity index (χ0) is 17.6. The van der Waals surface area contributed by atoms with Gasteiger partial charge < -0.3 is 14.4 Å². The Morgan fingerprint density at radius 2 is 2.20 bits per heavy atom. The third kappa shape index (κ3) is 2.81. The van der Waals surface area contributed by atoms with Gasteiger partial charge in [0.1, 0.15) is 5.69 Å². The minimum absolute atomic E-state index is 0.00718. The van der Waals surface area contributed by atoms with Crippen molar-refractivity contribution in [1.82, 2.24) is 20.0 Å². The van der Waals surface area contributed by atoms with Gasteiger partial charge >= 0.3 is 0 Å². The molecule has 0 spiro atoms. The summed E-state index contributed by atoms with van der Waals surface area (Å²) in [5, 5.41) is 5.16. The van der Waals surface area contributed by atoms with Crippen LogP contribution in [0.3, 0.4) is 0 Å². The molecular weight excluding hydrogens is 316 g/mol. The molecule has 3 heterocycles. The predicted octanol–water partition coefficient (Wildman–Crippen LogP) is 3.96. The van der Waals surface area contributed by atoms with Crippen molar-refractivity contribution in [2.24, 2.45) is 0 Å². The summed E-state index contributed by atoms with van der Waals surface area (Å²) < 4.78 is 5.33. The van der Waals surface area contributed by atoms with Crippen molar-refractivity contribution in [2.45, 2.75) is 45.6 Å². The van der Waals surface area contributed by atoms with Crippen LogP contribution in [0.25, 0.3) is 10.9 Å². The molecule has 1 fully saturated rings. The lowest BCUT2D eigenvalue weighted by Gasteiger charge is -2.21. The number of H-pyrrole nitrogens is 1. The molecule has 25 heavy (non-hydrogen) atoms. The Kier molecular flexibility index (Phi) is 3.82. The number of fused-ring (bicyclic) bond motifs is 1. The summed E-state index contributed by atoms with van der Waals surface area (Å²) in [6, 6.07) is 7.95. The van der Waals surface area contributed by atoms with Gasteiger partial charge in [0.05, 0.1) is 6.04 Å². The first kappa shape index (κ1) is 15.9. The van der Waals surface area contributed by atoms with Gasteiger partial charge in [-0.15, -0.1) is 0 Å². The van der Waals surface area contributed by atoms with E-state index < -0.39 is 0 Å². The smallest absolute Gasteiger partial charge is 0.270 e. The first-order valence-electron chi connectivity index (χ1n) is 8.77. The molecule has 1 amide bonds. The van der Waals surface area contributed by atoms with Gasteiger partial charge in [-0.1, -0.05) is 31.1 Å². The summed E-state index contributed by atoms with van der Waals surface area (Å²) in [6.45, 7) is 6.78. The number of carbonyl (C=O) groups excluding carboxylic acids is 1. The maximum atomic E-state index is 13.0. The van der Waals surface area contributed by atoms with Crippen LogP contribution in [0, 0.1) is 6.92 Å². The topological polar surface area (TPSA) is 75.0 Å². The molecule has 0 bridgehead atoms. The van der Waals surface area contributed by atoms with E-state index in [9.17, 15) is 4.79 Å². The number of carbonyl (C=O) groups is 1. The molecule has 1 N–H and O–H groups in total. The number of nitrogens with one attached hydrogen (secondary N) is 1. The van der Waals surface area contributed by atoms with Crippen LogP contribution in [-0.2, 0) is 0 Å². The van der Waals surface area contributed by atoms with Crippen molar-refractivity contribution in [3.05, 3.63) is 47.2 Å². The highest BCUT2D eigenvalue weighted by atomic mass is 16.5. The van der Waals surface area contributed by atoms with Crippen LogP contribution in [0.4, 0.5) is 0 Å². The lowest BCUT2D eigenvalue weighted by Crippen LogP contribution is -2.31. The standard InChI is InChI=1S/C19H22N4O2/c1-11(2)18-21-17(22-25-18)16-5-4-8-23(16)19(24)15-10-13-7-6-12(3)9-14(13)20-15/h6-7,9-11,16,20H,4-5,8H2,1-3H3/t16-/m1/s1. The first-order chi connectivity index (χ1) is 12.0. The summed E-state index contributed by atoms with van der Waals surface area (Å²) in [5.74, 6) is 1.41. The normalized spacial score (nSPS) is 17.8. The maximum Gasteiger partial charge on any atom is 0.270 e. The summed E-state index contributed by atoms with van der Waals surface area (Å²) >= 11 is 0. The van der Waals surface area contributed by atoms with Gasteiger partial charge in [0, 0.05) is 23.4 Å². The van der Waals surface area contributed by atoms with Crippen LogP contribution in [0.15, 0.2) is 28.8 Å². The second-order valence-corrected chi connectivity index (χ2v) is 7.08. The van der Waals surface area contributed by atoms with Crippen molar-refractivity contribution >= 4 is 16.8 Å². The average molecular weight is 338 g/mol. The van der Waals surface area contributed by atoms with E-state index in [1.165, 1.54) is 5.56 Å². The largest absolute Gasteiger partial charge is 0.351 e. The fourth-order valence-electron chi connectivity index (χ4n) is 3.41. The number of benzene rings is 1. The Labute approximate surface area is 146 Å². The van der Waals surface area contributed by atoms with E-state index in [4.69, 9.17) is 4.52 Å². The van der Waals surface area contributed by atoms with Crippen molar-refractivity contribution in [3.8, 4) is 0 Å². The molecule has 1 aromatic carbocycles. The number of aromatic amines is 1. The summed E-state index contributed by atoms with van der Waals surface area (Å²) in [6.07, 6.45) is 1.81. The molecule has 6 heteroatoms. The third-order valence-corrected chi connectivity index (χ3v) is 4.77. The van der Waals surface area contributed by atoms with Crippen LogP contribution < -0.4 is 0 Å². The zero-order valence-electron chi connectivity index (χ0n) is 14.7. The van der Waals surface area contributed by atoms with Crippen molar-refractivity contribution in [2.75, 3.05) is 6.54 Å². The van der Waals surface area contributed by atoms with E-state index in [1.54, 1.807) is 0 Å². The highest BCUT2D eigenvalue weighted by Crippen LogP contribution is 2.32. The Morgan fingerprint density at radius 1 is 1.36 bits per heavy atom. The van der Waals surface area contributed by atoms with Crippen molar-refractivity contribution < 1.29 is 9.32 Å². The summed E-state index contributed by atoms with van der Waals surface area (Å²) in [5.41, 5.74) is 2.77. The molecular formula is C19H22N4O2. The second kappa shape index (κ2) is 6.02. The van der Waals surface area contributed by atoms with Crippen LogP contribution in [-0.4, -0.2) is 32.5 Å². The van der Waals surface area contributed by atoms with E-state index in [1.807, 2.05) is 37.8 Å². The average Bonchev–Trinajstić information content (AvgIpc) is 3.31. The number of aromatic nitrogens is 3. The molecule has 1 aliphatic rings. The van der Waals surface area contributed by atoms with Gasteiger partial charge in [-0.05, 0) is 37.5 Å². The molecule has 1 saturated heterocycles. The predicted molar refractivity (Wildman–Crippen MR) is 94.4 cm³/mol. The van der Waals surface area contributed by atoms with Crippen LogP contribution in [0.1, 0.15) is 66.4 Å². The van der Waals surface area contributed by atoms with Crippen molar-refractivity contribution in [3.63, 3.8) is 0 Å². The number of aryl methyl sites for hydroxylation is 1. The molecule has 4 rings (SSSR count). The SMILES string of the molecule is Cc1ccc2cc(C(=O)N3CCC[C@@H]3c3noc(C(C)C)n3)[nH]c2c1. The maximum absolute atomic E-state index is 13.0. The molecule has 1 aliphatic heterocycles. The number of rotatable bonds is 3.